The normalized spacial score (nSPS) is 17.4. The number of benzene rings is 2. The third-order valence-electron chi connectivity index (χ3n) is 6.22. The van der Waals surface area contributed by atoms with Crippen LogP contribution < -0.4 is 11.3 Å². The third kappa shape index (κ3) is 3.53. The number of likely N-dealkylation sites (tertiary alicyclic amines) is 1. The highest BCUT2D eigenvalue weighted by molar-refractivity contribution is 5.97. The molecule has 0 radical (unpaired) electrons. The second-order valence-corrected chi connectivity index (χ2v) is 8.22. The van der Waals surface area contributed by atoms with Gasteiger partial charge in [0, 0.05) is 35.0 Å². The maximum Gasteiger partial charge on any atom is 0.344 e. The first-order chi connectivity index (χ1) is 15.0. The van der Waals surface area contributed by atoms with E-state index >= 15 is 0 Å². The predicted octanol–water partition coefficient (Wildman–Crippen LogP) is 4.65. The molecule has 1 N–H and O–H groups in total. The van der Waals surface area contributed by atoms with E-state index in [-0.39, 0.29) is 5.75 Å². The molecule has 0 aliphatic carbocycles. The van der Waals surface area contributed by atoms with E-state index in [9.17, 15) is 14.7 Å². The Labute approximate surface area is 178 Å². The van der Waals surface area contributed by atoms with Crippen molar-refractivity contribution in [1.29, 1.82) is 0 Å². The summed E-state index contributed by atoms with van der Waals surface area (Å²) in [4.78, 5) is 27.5. The van der Waals surface area contributed by atoms with Gasteiger partial charge in [0.25, 0.3) is 0 Å². The van der Waals surface area contributed by atoms with Gasteiger partial charge in [-0.1, -0.05) is 24.6 Å². The molecule has 1 fully saturated rings. The lowest BCUT2D eigenvalue weighted by molar-refractivity contribution is 0.151. The maximum absolute atomic E-state index is 12.7. The van der Waals surface area contributed by atoms with Crippen molar-refractivity contribution in [3.8, 4) is 16.9 Å². The zero-order chi connectivity index (χ0) is 21.5. The quantitative estimate of drug-likeness (QED) is 0.489. The summed E-state index contributed by atoms with van der Waals surface area (Å²) in [6.07, 6.45) is 3.39. The molecule has 0 spiro atoms. The molecule has 6 nitrogen and oxygen atoms in total. The minimum Gasteiger partial charge on any atom is -0.507 e. The summed E-state index contributed by atoms with van der Waals surface area (Å²) >= 11 is 0. The monoisotopic (exact) mass is 417 g/mol. The summed E-state index contributed by atoms with van der Waals surface area (Å²) in [5, 5.41) is 12.0. The average Bonchev–Trinajstić information content (AvgIpc) is 2.76. The van der Waals surface area contributed by atoms with Crippen molar-refractivity contribution in [2.24, 2.45) is 0 Å². The number of nitrogens with zero attached hydrogens (tertiary/aromatic N) is 1. The number of aromatic hydroxyl groups is 1. The van der Waals surface area contributed by atoms with Crippen LogP contribution in [0.4, 0.5) is 0 Å². The summed E-state index contributed by atoms with van der Waals surface area (Å²) in [6, 6.07) is 13.9. The van der Waals surface area contributed by atoms with Gasteiger partial charge in [0.2, 0.25) is 0 Å². The average molecular weight is 417 g/mol. The number of phenolic OH excluding ortho intramolecular Hbond substituents is 1. The smallest absolute Gasteiger partial charge is 0.344 e. The molecular formula is C25H23NO5. The lowest BCUT2D eigenvalue weighted by atomic mass is 9.98. The first-order valence-electron chi connectivity index (χ1n) is 10.6. The molecule has 2 aromatic heterocycles. The van der Waals surface area contributed by atoms with Crippen molar-refractivity contribution in [3.05, 3.63) is 74.9 Å². The van der Waals surface area contributed by atoms with E-state index in [0.29, 0.717) is 45.8 Å². The second kappa shape index (κ2) is 7.71. The number of phenols is 1. The lowest BCUT2D eigenvalue weighted by Gasteiger charge is -2.33. The summed E-state index contributed by atoms with van der Waals surface area (Å²) < 4.78 is 11.0. The van der Waals surface area contributed by atoms with Gasteiger partial charge in [-0.25, -0.2) is 9.59 Å². The Morgan fingerprint density at radius 3 is 2.71 bits per heavy atom. The van der Waals surface area contributed by atoms with Gasteiger partial charge in [0.05, 0.1) is 11.1 Å². The molecule has 158 valence electrons. The van der Waals surface area contributed by atoms with Crippen LogP contribution in [0.3, 0.4) is 0 Å². The van der Waals surface area contributed by atoms with Gasteiger partial charge in [-0.15, -0.1) is 0 Å². The maximum atomic E-state index is 12.7. The highest BCUT2D eigenvalue weighted by atomic mass is 16.4. The molecule has 31 heavy (non-hydrogen) atoms. The Morgan fingerprint density at radius 2 is 1.87 bits per heavy atom. The molecule has 0 saturated carbocycles. The number of rotatable bonds is 3. The highest BCUT2D eigenvalue weighted by Gasteiger charge is 2.23. The number of hydrogen-bond acceptors (Lipinski definition) is 6. The van der Waals surface area contributed by atoms with Gasteiger partial charge in [-0.3, -0.25) is 4.90 Å². The molecule has 1 saturated heterocycles. The van der Waals surface area contributed by atoms with Crippen LogP contribution in [0.1, 0.15) is 31.7 Å². The number of piperidine rings is 1. The van der Waals surface area contributed by atoms with E-state index in [0.717, 1.165) is 24.8 Å². The van der Waals surface area contributed by atoms with Gasteiger partial charge in [-0.2, -0.15) is 0 Å². The topological polar surface area (TPSA) is 83.9 Å². The summed E-state index contributed by atoms with van der Waals surface area (Å²) in [6.45, 7) is 3.57. The van der Waals surface area contributed by atoms with E-state index in [4.69, 9.17) is 8.83 Å². The Kier molecular flexibility index (Phi) is 4.87. The minimum absolute atomic E-state index is 0.0797. The summed E-state index contributed by atoms with van der Waals surface area (Å²) in [5.74, 6) is 0.0797. The molecule has 0 amide bonds. The van der Waals surface area contributed by atoms with E-state index in [2.05, 4.69) is 11.8 Å². The first kappa shape index (κ1) is 19.6. The van der Waals surface area contributed by atoms with Crippen LogP contribution in [0.2, 0.25) is 0 Å². The number of fused-ring (bicyclic) bond motifs is 2. The van der Waals surface area contributed by atoms with Crippen molar-refractivity contribution >= 4 is 21.9 Å². The molecule has 1 aliphatic heterocycles. The van der Waals surface area contributed by atoms with E-state index in [1.165, 1.54) is 12.5 Å². The fourth-order valence-corrected chi connectivity index (χ4v) is 4.49. The standard InChI is InChI=1S/C25H23NO5/c1-15-6-4-5-11-26(15)14-20-21(27)10-9-17-18(13-23(28)31-24(17)20)19-12-16-7-2-3-8-22(16)30-25(19)29/h2-3,7-10,12-13,15,27H,4-6,11,14H2,1H3. The molecule has 5 rings (SSSR count). The van der Waals surface area contributed by atoms with Gasteiger partial charge < -0.3 is 13.9 Å². The molecule has 4 aromatic rings. The molecule has 6 heteroatoms. The number of para-hydroxylation sites is 1. The van der Waals surface area contributed by atoms with Crippen LogP contribution in [-0.2, 0) is 6.54 Å². The van der Waals surface area contributed by atoms with E-state index in [1.807, 2.05) is 12.1 Å². The Hall–Kier alpha value is -3.38. The zero-order valence-corrected chi connectivity index (χ0v) is 17.3. The summed E-state index contributed by atoms with van der Waals surface area (Å²) in [7, 11) is 0. The Balaban J connectivity index is 1.72. The Bertz CT molecular complexity index is 1400. The fourth-order valence-electron chi connectivity index (χ4n) is 4.49. The third-order valence-corrected chi connectivity index (χ3v) is 6.22. The van der Waals surface area contributed by atoms with Crippen molar-refractivity contribution in [2.45, 2.75) is 38.8 Å². The molecule has 0 bridgehead atoms. The zero-order valence-electron chi connectivity index (χ0n) is 17.3. The van der Waals surface area contributed by atoms with Crippen LogP contribution in [0.15, 0.2) is 67.0 Å². The SMILES string of the molecule is CC1CCCCN1Cc1c(O)ccc2c(-c3cc4ccccc4oc3=O)cc(=O)oc12. The first-order valence-corrected chi connectivity index (χ1v) is 10.6. The number of hydrogen-bond donors (Lipinski definition) is 1. The molecule has 1 unspecified atom stereocenters. The van der Waals surface area contributed by atoms with Crippen molar-refractivity contribution in [2.75, 3.05) is 6.54 Å². The van der Waals surface area contributed by atoms with Crippen LogP contribution in [0, 0.1) is 0 Å². The summed E-state index contributed by atoms with van der Waals surface area (Å²) in [5.41, 5.74) is 1.00. The molecular weight excluding hydrogens is 394 g/mol. The van der Waals surface area contributed by atoms with Gasteiger partial charge in [-0.05, 0) is 50.6 Å². The minimum atomic E-state index is -0.575. The van der Waals surface area contributed by atoms with Gasteiger partial charge in [0.15, 0.2) is 0 Å². The Morgan fingerprint density at radius 1 is 1.03 bits per heavy atom. The largest absolute Gasteiger partial charge is 0.507 e. The van der Waals surface area contributed by atoms with Gasteiger partial charge >= 0.3 is 11.3 Å². The molecule has 3 heterocycles. The molecule has 1 aliphatic rings. The van der Waals surface area contributed by atoms with Crippen LogP contribution in [-0.4, -0.2) is 22.6 Å². The van der Waals surface area contributed by atoms with Crippen molar-refractivity contribution in [3.63, 3.8) is 0 Å². The second-order valence-electron chi connectivity index (χ2n) is 8.22. The van der Waals surface area contributed by atoms with E-state index < -0.39 is 11.3 Å². The molecule has 1 atom stereocenters. The van der Waals surface area contributed by atoms with Crippen LogP contribution >= 0.6 is 0 Å². The predicted molar refractivity (Wildman–Crippen MR) is 119 cm³/mol. The highest BCUT2D eigenvalue weighted by Crippen LogP contribution is 2.34. The van der Waals surface area contributed by atoms with Crippen molar-refractivity contribution < 1.29 is 13.9 Å². The van der Waals surface area contributed by atoms with Crippen LogP contribution in [0.5, 0.6) is 5.75 Å². The lowest BCUT2D eigenvalue weighted by Crippen LogP contribution is -2.36. The van der Waals surface area contributed by atoms with Crippen LogP contribution in [0.25, 0.3) is 33.1 Å². The molecule has 2 aromatic carbocycles. The van der Waals surface area contributed by atoms with Crippen molar-refractivity contribution in [1.82, 2.24) is 4.90 Å². The van der Waals surface area contributed by atoms with E-state index in [1.54, 1.807) is 30.3 Å². The van der Waals surface area contributed by atoms with Gasteiger partial charge in [0.1, 0.15) is 16.9 Å². The fraction of sp³-hybridized carbons (Fsp3) is 0.280.